The smallest absolute Gasteiger partial charge is 0.0635 e. The molecule has 0 saturated heterocycles. The molecule has 0 heterocycles. The lowest BCUT2D eigenvalue weighted by Gasteiger charge is -2.19. The van der Waals surface area contributed by atoms with Gasteiger partial charge in [0.15, 0.2) is 0 Å². The lowest BCUT2D eigenvalue weighted by Crippen LogP contribution is -2.33. The van der Waals surface area contributed by atoms with Gasteiger partial charge in [0.25, 0.3) is 0 Å². The lowest BCUT2D eigenvalue weighted by atomic mass is 10.3. The third kappa shape index (κ3) is 8.97. The Labute approximate surface area is 96.9 Å². The van der Waals surface area contributed by atoms with E-state index in [1.54, 1.807) is 0 Å². The van der Waals surface area contributed by atoms with E-state index >= 15 is 0 Å². The van der Waals surface area contributed by atoms with Gasteiger partial charge in [-0.15, -0.1) is 0 Å². The molecule has 86 valence electrons. The second-order valence-electron chi connectivity index (χ2n) is 3.32. The van der Waals surface area contributed by atoms with E-state index in [2.05, 4.69) is 28.4 Å². The summed E-state index contributed by atoms with van der Waals surface area (Å²) in [5, 5.41) is 28.5. The van der Waals surface area contributed by atoms with E-state index in [-0.39, 0.29) is 0 Å². The highest BCUT2D eigenvalue weighted by Gasteiger charge is 2.03. The third-order valence-corrected chi connectivity index (χ3v) is 2.10. The van der Waals surface area contributed by atoms with Crippen LogP contribution in [-0.4, -0.2) is 37.6 Å². The van der Waals surface area contributed by atoms with Crippen LogP contribution in [0.5, 0.6) is 0 Å². The molecule has 0 spiro atoms. The molecule has 0 amide bonds. The van der Waals surface area contributed by atoms with Gasteiger partial charge < -0.3 is 10.2 Å². The summed E-state index contributed by atoms with van der Waals surface area (Å²) in [5.41, 5.74) is 0. The van der Waals surface area contributed by atoms with E-state index in [9.17, 15) is 0 Å². The van der Waals surface area contributed by atoms with E-state index in [0.29, 0.717) is 38.9 Å². The highest BCUT2D eigenvalue weighted by molar-refractivity contribution is 4.77. The number of rotatable bonds is 9. The molecule has 0 saturated carbocycles. The highest BCUT2D eigenvalue weighted by atomic mass is 15.1. The predicted molar refractivity (Wildman–Crippen MR) is 60.0 cm³/mol. The first-order valence-electron chi connectivity index (χ1n) is 5.39. The first-order chi connectivity index (χ1) is 7.85. The van der Waals surface area contributed by atoms with Crippen LogP contribution >= 0.6 is 0 Å². The van der Waals surface area contributed by atoms with Gasteiger partial charge >= 0.3 is 0 Å². The van der Waals surface area contributed by atoms with Gasteiger partial charge in [0.2, 0.25) is 0 Å². The lowest BCUT2D eigenvalue weighted by molar-refractivity contribution is 0.286. The molecule has 0 aromatic carbocycles. The molecule has 5 nitrogen and oxygen atoms in total. The molecular weight excluding hydrogens is 202 g/mol. The maximum absolute atomic E-state index is 8.49. The van der Waals surface area contributed by atoms with E-state index < -0.39 is 0 Å². The normalized spacial score (nSPS) is 9.38. The minimum absolute atomic E-state index is 0.490. The van der Waals surface area contributed by atoms with Crippen LogP contribution in [0.15, 0.2) is 0 Å². The molecule has 5 heteroatoms. The molecule has 0 aromatic heterocycles. The Kier molecular flexibility index (Phi) is 10.3. The van der Waals surface area contributed by atoms with E-state index in [0.717, 1.165) is 13.1 Å². The van der Waals surface area contributed by atoms with Gasteiger partial charge in [0.05, 0.1) is 18.2 Å². The molecule has 0 fully saturated rings. The monoisotopic (exact) mass is 219 g/mol. The molecule has 0 aromatic rings. The zero-order chi connectivity index (χ0) is 12.1. The summed E-state index contributed by atoms with van der Waals surface area (Å²) < 4.78 is 0. The van der Waals surface area contributed by atoms with Gasteiger partial charge in [-0.05, 0) is 0 Å². The van der Waals surface area contributed by atoms with Crippen LogP contribution < -0.4 is 5.32 Å². The summed E-state index contributed by atoms with van der Waals surface area (Å²) >= 11 is 0. The zero-order valence-corrected chi connectivity index (χ0v) is 9.45. The highest BCUT2D eigenvalue weighted by Crippen LogP contribution is 1.92. The van der Waals surface area contributed by atoms with Crippen molar-refractivity contribution in [2.75, 3.05) is 32.7 Å². The Morgan fingerprint density at radius 1 is 0.750 bits per heavy atom. The second-order valence-corrected chi connectivity index (χ2v) is 3.32. The Balaban J connectivity index is 3.62. The summed E-state index contributed by atoms with van der Waals surface area (Å²) in [6.45, 7) is 3.71. The number of nitrogens with zero attached hydrogens (tertiary/aromatic N) is 4. The Bertz CT molecular complexity index is 262. The quantitative estimate of drug-likeness (QED) is 0.574. The van der Waals surface area contributed by atoms with Crippen LogP contribution in [-0.2, 0) is 0 Å². The topological polar surface area (TPSA) is 86.6 Å². The summed E-state index contributed by atoms with van der Waals surface area (Å²) in [6.07, 6.45) is 1.49. The fourth-order valence-electron chi connectivity index (χ4n) is 1.26. The molecule has 0 aliphatic rings. The van der Waals surface area contributed by atoms with Crippen molar-refractivity contribution in [3.8, 4) is 18.2 Å². The fraction of sp³-hybridized carbons (Fsp3) is 0.727. The standard InChI is InChI=1S/C11H17N5/c12-4-1-7-15-8-11-16(9-2-5-13)10-3-6-14/h15H,1-3,7-11H2. The summed E-state index contributed by atoms with van der Waals surface area (Å²) in [7, 11) is 0. The van der Waals surface area contributed by atoms with Crippen molar-refractivity contribution < 1.29 is 0 Å². The Morgan fingerprint density at radius 2 is 1.31 bits per heavy atom. The molecule has 0 bridgehead atoms. The molecule has 0 rings (SSSR count). The number of hydrogen-bond donors (Lipinski definition) is 1. The average Bonchev–Trinajstić information content (AvgIpc) is 2.31. The van der Waals surface area contributed by atoms with Crippen LogP contribution in [0.3, 0.4) is 0 Å². The van der Waals surface area contributed by atoms with Crippen molar-refractivity contribution in [2.24, 2.45) is 0 Å². The van der Waals surface area contributed by atoms with Crippen LogP contribution in [0.2, 0.25) is 0 Å². The summed E-state index contributed by atoms with van der Waals surface area (Å²) in [5.74, 6) is 0. The molecule has 0 aliphatic heterocycles. The van der Waals surface area contributed by atoms with Crippen molar-refractivity contribution in [3.05, 3.63) is 0 Å². The summed E-state index contributed by atoms with van der Waals surface area (Å²) in [4.78, 5) is 2.09. The van der Waals surface area contributed by atoms with Crippen LogP contribution in [0.1, 0.15) is 19.3 Å². The number of nitrogens with one attached hydrogen (secondary N) is 1. The van der Waals surface area contributed by atoms with Crippen LogP contribution in [0.4, 0.5) is 0 Å². The van der Waals surface area contributed by atoms with Gasteiger partial charge in [-0.1, -0.05) is 0 Å². The SMILES string of the molecule is N#CCCNCCN(CCC#N)CCC#N. The molecule has 0 atom stereocenters. The molecule has 0 aliphatic carbocycles. The molecule has 0 unspecified atom stereocenters. The van der Waals surface area contributed by atoms with E-state index in [1.807, 2.05) is 0 Å². The van der Waals surface area contributed by atoms with Gasteiger partial charge in [0, 0.05) is 52.0 Å². The molecular formula is C11H17N5. The van der Waals surface area contributed by atoms with Crippen molar-refractivity contribution >= 4 is 0 Å². The van der Waals surface area contributed by atoms with Gasteiger partial charge in [0.1, 0.15) is 0 Å². The first kappa shape index (κ1) is 14.4. The first-order valence-corrected chi connectivity index (χ1v) is 5.39. The van der Waals surface area contributed by atoms with Crippen molar-refractivity contribution in [2.45, 2.75) is 19.3 Å². The largest absolute Gasteiger partial charge is 0.314 e. The predicted octanol–water partition coefficient (Wildman–Crippen LogP) is 0.619. The number of hydrogen-bond acceptors (Lipinski definition) is 5. The molecule has 0 radical (unpaired) electrons. The minimum atomic E-state index is 0.490. The number of nitriles is 3. The maximum Gasteiger partial charge on any atom is 0.0635 e. The van der Waals surface area contributed by atoms with Crippen LogP contribution in [0, 0.1) is 34.0 Å². The average molecular weight is 219 g/mol. The fourth-order valence-corrected chi connectivity index (χ4v) is 1.26. The van der Waals surface area contributed by atoms with Gasteiger partial charge in [-0.2, -0.15) is 15.8 Å². The maximum atomic E-state index is 8.49. The Hall–Kier alpha value is -1.61. The Morgan fingerprint density at radius 3 is 1.81 bits per heavy atom. The van der Waals surface area contributed by atoms with Crippen molar-refractivity contribution in [1.82, 2.24) is 10.2 Å². The van der Waals surface area contributed by atoms with Gasteiger partial charge in [-0.3, -0.25) is 0 Å². The van der Waals surface area contributed by atoms with Crippen LogP contribution in [0.25, 0.3) is 0 Å². The summed E-state index contributed by atoms with van der Waals surface area (Å²) in [6, 6.07) is 6.26. The molecule has 1 N–H and O–H groups in total. The zero-order valence-electron chi connectivity index (χ0n) is 9.45. The minimum Gasteiger partial charge on any atom is -0.314 e. The molecule has 16 heavy (non-hydrogen) atoms. The van der Waals surface area contributed by atoms with E-state index in [1.165, 1.54) is 0 Å². The van der Waals surface area contributed by atoms with E-state index in [4.69, 9.17) is 15.8 Å². The second kappa shape index (κ2) is 11.5. The van der Waals surface area contributed by atoms with Gasteiger partial charge in [-0.25, -0.2) is 0 Å². The third-order valence-electron chi connectivity index (χ3n) is 2.10. The van der Waals surface area contributed by atoms with Crippen molar-refractivity contribution in [1.29, 1.82) is 15.8 Å². The van der Waals surface area contributed by atoms with Crippen molar-refractivity contribution in [3.63, 3.8) is 0 Å².